The predicted molar refractivity (Wildman–Crippen MR) is 100 cm³/mol. The van der Waals surface area contributed by atoms with Crippen molar-refractivity contribution in [3.8, 4) is 11.5 Å². The minimum Gasteiger partial charge on any atom is -0.366 e. The highest BCUT2D eigenvalue weighted by molar-refractivity contribution is 7.86. The van der Waals surface area contributed by atoms with Crippen molar-refractivity contribution in [2.24, 2.45) is 0 Å². The standard InChI is InChI=1S/C18H28O4SSi/c1-16-8-10-17(11-9-16)23(19,20)22-14-13-21-12-7-15-24(5,6)18(2,3)4/h8-11H,12-14H2,1-6H3. The zero-order valence-corrected chi connectivity index (χ0v) is 17.3. The Labute approximate surface area is 147 Å². The third-order valence-electron chi connectivity index (χ3n) is 4.23. The molecule has 24 heavy (non-hydrogen) atoms. The highest BCUT2D eigenvalue weighted by Crippen LogP contribution is 2.34. The first-order valence-corrected chi connectivity index (χ1v) is 12.4. The summed E-state index contributed by atoms with van der Waals surface area (Å²) in [5, 5.41) is 0.214. The molecule has 0 aliphatic carbocycles. The van der Waals surface area contributed by atoms with Crippen molar-refractivity contribution in [3.63, 3.8) is 0 Å². The van der Waals surface area contributed by atoms with Gasteiger partial charge in [-0.15, -0.1) is 5.54 Å². The van der Waals surface area contributed by atoms with Crippen molar-refractivity contribution >= 4 is 18.2 Å². The Hall–Kier alpha value is -1.13. The van der Waals surface area contributed by atoms with Crippen LogP contribution >= 0.6 is 0 Å². The lowest BCUT2D eigenvalue weighted by Crippen LogP contribution is -2.35. The van der Waals surface area contributed by atoms with Gasteiger partial charge in [0.25, 0.3) is 10.1 Å². The average Bonchev–Trinajstić information content (AvgIpc) is 2.45. The second-order valence-electron chi connectivity index (χ2n) is 7.32. The minimum absolute atomic E-state index is 0.0159. The number of ether oxygens (including phenoxy) is 1. The van der Waals surface area contributed by atoms with Crippen molar-refractivity contribution in [3.05, 3.63) is 29.8 Å². The average molecular weight is 369 g/mol. The summed E-state index contributed by atoms with van der Waals surface area (Å²) in [6, 6.07) is 6.55. The van der Waals surface area contributed by atoms with Crippen LogP contribution in [0.5, 0.6) is 0 Å². The highest BCUT2D eigenvalue weighted by atomic mass is 32.2. The number of benzene rings is 1. The van der Waals surface area contributed by atoms with Gasteiger partial charge in [-0.1, -0.05) is 57.5 Å². The van der Waals surface area contributed by atoms with E-state index in [9.17, 15) is 8.42 Å². The number of hydrogen-bond donors (Lipinski definition) is 0. The Morgan fingerprint density at radius 3 is 2.21 bits per heavy atom. The molecule has 0 aromatic heterocycles. The van der Waals surface area contributed by atoms with E-state index in [1.54, 1.807) is 12.1 Å². The van der Waals surface area contributed by atoms with Gasteiger partial charge in [0, 0.05) is 0 Å². The van der Waals surface area contributed by atoms with E-state index in [-0.39, 0.29) is 23.1 Å². The molecule has 0 unspecified atom stereocenters. The Bertz CT molecular complexity index is 689. The van der Waals surface area contributed by atoms with Crippen LogP contribution in [0.1, 0.15) is 26.3 Å². The van der Waals surface area contributed by atoms with E-state index in [1.807, 2.05) is 6.92 Å². The normalized spacial score (nSPS) is 12.6. The number of hydrogen-bond acceptors (Lipinski definition) is 4. The van der Waals surface area contributed by atoms with Crippen LogP contribution in [0.15, 0.2) is 29.2 Å². The van der Waals surface area contributed by atoms with Crippen LogP contribution < -0.4 is 0 Å². The molecule has 0 fully saturated rings. The molecule has 0 spiro atoms. The Kier molecular flexibility index (Phi) is 7.23. The van der Waals surface area contributed by atoms with Gasteiger partial charge in [-0.2, -0.15) is 8.42 Å². The maximum absolute atomic E-state index is 12.0. The highest BCUT2D eigenvalue weighted by Gasteiger charge is 2.33. The van der Waals surface area contributed by atoms with E-state index in [0.29, 0.717) is 6.61 Å². The third kappa shape index (κ3) is 6.40. The molecule has 0 saturated heterocycles. The molecule has 0 heterocycles. The van der Waals surface area contributed by atoms with E-state index in [2.05, 4.69) is 45.3 Å². The minimum atomic E-state index is -3.72. The first kappa shape index (κ1) is 20.9. The zero-order chi connectivity index (χ0) is 18.4. The SMILES string of the molecule is Cc1ccc(S(=O)(=O)OCCOCC#C[Si](C)(C)C(C)(C)C)cc1. The van der Waals surface area contributed by atoms with E-state index in [4.69, 9.17) is 8.92 Å². The summed E-state index contributed by atoms with van der Waals surface area (Å²) in [5.41, 5.74) is 4.34. The van der Waals surface area contributed by atoms with E-state index < -0.39 is 18.2 Å². The summed E-state index contributed by atoms with van der Waals surface area (Å²) < 4.78 is 34.3. The molecule has 1 aromatic carbocycles. The van der Waals surface area contributed by atoms with Crippen molar-refractivity contribution in [1.82, 2.24) is 0 Å². The van der Waals surface area contributed by atoms with Crippen LogP contribution in [0, 0.1) is 18.4 Å². The monoisotopic (exact) mass is 368 g/mol. The van der Waals surface area contributed by atoms with Gasteiger partial charge in [0.05, 0.1) is 18.1 Å². The first-order valence-electron chi connectivity index (χ1n) is 8.00. The van der Waals surface area contributed by atoms with Crippen molar-refractivity contribution < 1.29 is 17.3 Å². The molecule has 0 aliphatic heterocycles. The molecule has 0 atom stereocenters. The van der Waals surface area contributed by atoms with Crippen LogP contribution in [0.3, 0.4) is 0 Å². The fourth-order valence-electron chi connectivity index (χ4n) is 1.54. The Morgan fingerprint density at radius 1 is 1.08 bits per heavy atom. The third-order valence-corrected chi connectivity index (χ3v) is 10.1. The van der Waals surface area contributed by atoms with E-state index in [1.165, 1.54) is 12.1 Å². The Balaban J connectivity index is 2.39. The largest absolute Gasteiger partial charge is 0.366 e. The van der Waals surface area contributed by atoms with Gasteiger partial charge in [-0.05, 0) is 24.1 Å². The van der Waals surface area contributed by atoms with E-state index >= 15 is 0 Å². The fraction of sp³-hybridized carbons (Fsp3) is 0.556. The molecule has 0 N–H and O–H groups in total. The number of aryl methyl sites for hydroxylation is 1. The topological polar surface area (TPSA) is 52.6 Å². The molecule has 134 valence electrons. The summed E-state index contributed by atoms with van der Waals surface area (Å²) in [5.74, 6) is 3.05. The van der Waals surface area contributed by atoms with Gasteiger partial charge in [-0.25, -0.2) is 0 Å². The van der Waals surface area contributed by atoms with Gasteiger partial charge in [0.1, 0.15) is 14.7 Å². The summed E-state index contributed by atoms with van der Waals surface area (Å²) in [4.78, 5) is 0.158. The van der Waals surface area contributed by atoms with Crippen LogP contribution in [-0.4, -0.2) is 36.3 Å². The molecule has 0 bridgehead atoms. The molecule has 4 nitrogen and oxygen atoms in total. The van der Waals surface area contributed by atoms with Crippen LogP contribution in [0.2, 0.25) is 18.1 Å². The maximum Gasteiger partial charge on any atom is 0.297 e. The summed E-state index contributed by atoms with van der Waals surface area (Å²) in [6.07, 6.45) is 0. The summed E-state index contributed by atoms with van der Waals surface area (Å²) in [6.45, 7) is 13.5. The van der Waals surface area contributed by atoms with Gasteiger partial charge >= 0.3 is 0 Å². The van der Waals surface area contributed by atoms with Crippen LogP contribution in [-0.2, 0) is 19.0 Å². The van der Waals surface area contributed by atoms with Gasteiger partial charge in [0.2, 0.25) is 0 Å². The first-order chi connectivity index (χ1) is 11.0. The lowest BCUT2D eigenvalue weighted by atomic mass is 10.2. The van der Waals surface area contributed by atoms with Crippen molar-refractivity contribution in [2.75, 3.05) is 19.8 Å². The van der Waals surface area contributed by atoms with Gasteiger partial charge < -0.3 is 4.74 Å². The molecule has 6 heteroatoms. The number of rotatable bonds is 6. The lowest BCUT2D eigenvalue weighted by Gasteiger charge is -2.31. The summed E-state index contributed by atoms with van der Waals surface area (Å²) in [7, 11) is -5.34. The molecule has 0 aliphatic rings. The molecule has 0 radical (unpaired) electrons. The zero-order valence-electron chi connectivity index (χ0n) is 15.5. The van der Waals surface area contributed by atoms with Gasteiger partial charge in [-0.3, -0.25) is 4.18 Å². The predicted octanol–water partition coefficient (Wildman–Crippen LogP) is 3.77. The van der Waals surface area contributed by atoms with Crippen molar-refractivity contribution in [1.29, 1.82) is 0 Å². The van der Waals surface area contributed by atoms with Gasteiger partial charge in [0.15, 0.2) is 0 Å². The van der Waals surface area contributed by atoms with Crippen LogP contribution in [0.25, 0.3) is 0 Å². The molecule has 1 rings (SSSR count). The fourth-order valence-corrected chi connectivity index (χ4v) is 3.33. The molecule has 0 saturated carbocycles. The summed E-state index contributed by atoms with van der Waals surface area (Å²) >= 11 is 0. The smallest absolute Gasteiger partial charge is 0.297 e. The van der Waals surface area contributed by atoms with E-state index in [0.717, 1.165) is 5.56 Å². The van der Waals surface area contributed by atoms with Crippen LogP contribution in [0.4, 0.5) is 0 Å². The Morgan fingerprint density at radius 2 is 1.67 bits per heavy atom. The second-order valence-corrected chi connectivity index (χ2v) is 13.9. The van der Waals surface area contributed by atoms with Crippen molar-refractivity contribution in [2.45, 2.75) is 50.7 Å². The quantitative estimate of drug-likeness (QED) is 0.332. The molecular weight excluding hydrogens is 340 g/mol. The lowest BCUT2D eigenvalue weighted by molar-refractivity contribution is 0.127. The molecule has 0 amide bonds. The molecular formula is C18H28O4SSi. The second kappa shape index (κ2) is 8.30. The maximum atomic E-state index is 12.0. The molecule has 1 aromatic rings.